The van der Waals surface area contributed by atoms with Crippen LogP contribution in [0.5, 0.6) is 0 Å². The van der Waals surface area contributed by atoms with Gasteiger partial charge in [-0.1, -0.05) is 74.0 Å². The van der Waals surface area contributed by atoms with Crippen LogP contribution in [-0.2, 0) is 37.0 Å². The van der Waals surface area contributed by atoms with Gasteiger partial charge in [0.05, 0.1) is 19.3 Å². The third-order valence-corrected chi connectivity index (χ3v) is 6.23. The highest BCUT2D eigenvalue weighted by molar-refractivity contribution is 6.20. The van der Waals surface area contributed by atoms with E-state index in [1.165, 1.54) is 6.92 Å². The largest absolute Gasteiger partial charge is 0.463 e. The Kier molecular flexibility index (Phi) is 10.7. The summed E-state index contributed by atoms with van der Waals surface area (Å²) in [4.78, 5) is 11.5. The SMILES string of the molecule is CCCC(Cl)CCC1O[C@H](COC(C)=O)[C@@H](OCc2ccccc2)[C@H]1OCc1ccccc1. The molecule has 2 aromatic rings. The normalized spacial score (nSPS) is 23.4. The monoisotopic (exact) mass is 474 g/mol. The minimum atomic E-state index is -0.400. The predicted octanol–water partition coefficient (Wildman–Crippen LogP) is 5.68. The predicted molar refractivity (Wildman–Crippen MR) is 129 cm³/mol. The Hall–Kier alpha value is -1.92. The van der Waals surface area contributed by atoms with E-state index in [-0.39, 0.29) is 36.3 Å². The summed E-state index contributed by atoms with van der Waals surface area (Å²) in [5, 5.41) is 0.101. The highest BCUT2D eigenvalue weighted by Gasteiger charge is 2.46. The van der Waals surface area contributed by atoms with Crippen LogP contribution in [0, 0.1) is 0 Å². The van der Waals surface area contributed by atoms with Crippen molar-refractivity contribution >= 4 is 17.6 Å². The first-order chi connectivity index (χ1) is 16.1. The van der Waals surface area contributed by atoms with E-state index < -0.39 is 6.10 Å². The van der Waals surface area contributed by atoms with Crippen molar-refractivity contribution in [1.82, 2.24) is 0 Å². The quantitative estimate of drug-likeness (QED) is 0.276. The molecule has 1 aliphatic heterocycles. The Bertz CT molecular complexity index is 816. The van der Waals surface area contributed by atoms with Gasteiger partial charge < -0.3 is 18.9 Å². The van der Waals surface area contributed by atoms with Crippen molar-refractivity contribution in [2.45, 2.75) is 82.5 Å². The number of carbonyl (C=O) groups excluding carboxylic acids is 1. The van der Waals surface area contributed by atoms with Gasteiger partial charge in [-0.05, 0) is 30.4 Å². The zero-order chi connectivity index (χ0) is 23.5. The summed E-state index contributed by atoms with van der Waals surface area (Å²) in [6.45, 7) is 4.55. The maximum atomic E-state index is 11.5. The minimum Gasteiger partial charge on any atom is -0.463 e. The van der Waals surface area contributed by atoms with Gasteiger partial charge in [0.25, 0.3) is 0 Å². The van der Waals surface area contributed by atoms with E-state index >= 15 is 0 Å². The molecular formula is C27H35ClO5. The number of benzene rings is 2. The number of ether oxygens (including phenoxy) is 4. The van der Waals surface area contributed by atoms with Crippen molar-refractivity contribution in [3.05, 3.63) is 71.8 Å². The van der Waals surface area contributed by atoms with Gasteiger partial charge in [-0.15, -0.1) is 11.6 Å². The van der Waals surface area contributed by atoms with E-state index in [2.05, 4.69) is 6.92 Å². The van der Waals surface area contributed by atoms with E-state index in [9.17, 15) is 4.79 Å². The Morgan fingerprint density at radius 1 is 0.909 bits per heavy atom. The van der Waals surface area contributed by atoms with E-state index in [4.69, 9.17) is 30.5 Å². The van der Waals surface area contributed by atoms with Gasteiger partial charge in [0.2, 0.25) is 0 Å². The lowest BCUT2D eigenvalue weighted by Gasteiger charge is -2.25. The standard InChI is InChI=1S/C27H35ClO5/c1-3-10-23(28)15-16-24-26(31-17-21-11-6-4-7-12-21)27(25(33-24)19-30-20(2)29)32-18-22-13-8-5-9-14-22/h4-9,11-14,23-27H,3,10,15-19H2,1-2H3/t23?,24?,25-,26+,27-/m1/s1. The van der Waals surface area contributed by atoms with Crippen LogP contribution in [0.2, 0.25) is 0 Å². The molecule has 180 valence electrons. The average Bonchev–Trinajstić information content (AvgIpc) is 3.16. The zero-order valence-electron chi connectivity index (χ0n) is 19.5. The Morgan fingerprint density at radius 2 is 1.45 bits per heavy atom. The molecule has 6 heteroatoms. The van der Waals surface area contributed by atoms with Crippen LogP contribution >= 0.6 is 11.6 Å². The second-order valence-electron chi connectivity index (χ2n) is 8.50. The van der Waals surface area contributed by atoms with Gasteiger partial charge in [-0.25, -0.2) is 0 Å². The Morgan fingerprint density at radius 3 is 1.97 bits per heavy atom. The molecule has 0 saturated carbocycles. The highest BCUT2D eigenvalue weighted by Crippen LogP contribution is 2.32. The Balaban J connectivity index is 1.74. The second-order valence-corrected chi connectivity index (χ2v) is 9.12. The highest BCUT2D eigenvalue weighted by atomic mass is 35.5. The number of hydrogen-bond acceptors (Lipinski definition) is 5. The third kappa shape index (κ3) is 8.42. The third-order valence-electron chi connectivity index (χ3n) is 5.79. The first-order valence-corrected chi connectivity index (χ1v) is 12.2. The minimum absolute atomic E-state index is 0.101. The second kappa shape index (κ2) is 13.7. The van der Waals surface area contributed by atoms with Crippen LogP contribution in [0.15, 0.2) is 60.7 Å². The van der Waals surface area contributed by atoms with Gasteiger partial charge in [0.15, 0.2) is 0 Å². The Labute approximate surface area is 202 Å². The van der Waals surface area contributed by atoms with Crippen LogP contribution in [0.1, 0.15) is 50.7 Å². The van der Waals surface area contributed by atoms with E-state index in [1.807, 2.05) is 60.7 Å². The summed E-state index contributed by atoms with van der Waals surface area (Å²) in [7, 11) is 0. The van der Waals surface area contributed by atoms with E-state index in [0.29, 0.717) is 13.2 Å². The summed E-state index contributed by atoms with van der Waals surface area (Å²) < 4.78 is 24.4. The molecule has 1 aliphatic rings. The smallest absolute Gasteiger partial charge is 0.302 e. The molecular weight excluding hydrogens is 440 g/mol. The molecule has 3 rings (SSSR count). The molecule has 5 atom stereocenters. The summed E-state index contributed by atoms with van der Waals surface area (Å²) in [5.41, 5.74) is 2.15. The fourth-order valence-electron chi connectivity index (χ4n) is 4.11. The number of halogens is 1. The van der Waals surface area contributed by atoms with Crippen LogP contribution in [0.3, 0.4) is 0 Å². The molecule has 2 aromatic carbocycles. The van der Waals surface area contributed by atoms with Crippen molar-refractivity contribution in [2.75, 3.05) is 6.61 Å². The summed E-state index contributed by atoms with van der Waals surface area (Å²) in [6.07, 6.45) is 2.36. The summed E-state index contributed by atoms with van der Waals surface area (Å²) in [5.74, 6) is -0.339. The molecule has 0 N–H and O–H groups in total. The number of hydrogen-bond donors (Lipinski definition) is 0. The molecule has 2 unspecified atom stereocenters. The number of esters is 1. The molecule has 1 saturated heterocycles. The molecule has 5 nitrogen and oxygen atoms in total. The van der Waals surface area contributed by atoms with Gasteiger partial charge in [-0.2, -0.15) is 0 Å². The van der Waals surface area contributed by atoms with Gasteiger partial charge >= 0.3 is 5.97 Å². The van der Waals surface area contributed by atoms with Crippen LogP contribution in [0.4, 0.5) is 0 Å². The zero-order valence-corrected chi connectivity index (χ0v) is 20.3. The van der Waals surface area contributed by atoms with Crippen molar-refractivity contribution in [1.29, 1.82) is 0 Å². The fourth-order valence-corrected chi connectivity index (χ4v) is 4.45. The van der Waals surface area contributed by atoms with Crippen LogP contribution < -0.4 is 0 Å². The summed E-state index contributed by atoms with van der Waals surface area (Å²) in [6, 6.07) is 20.1. The lowest BCUT2D eigenvalue weighted by Crippen LogP contribution is -2.39. The van der Waals surface area contributed by atoms with Crippen molar-refractivity contribution in [2.24, 2.45) is 0 Å². The number of carbonyl (C=O) groups is 1. The molecule has 0 bridgehead atoms. The molecule has 1 fully saturated rings. The topological polar surface area (TPSA) is 54.0 Å². The van der Waals surface area contributed by atoms with Crippen molar-refractivity contribution in [3.63, 3.8) is 0 Å². The molecule has 0 spiro atoms. The lowest BCUT2D eigenvalue weighted by molar-refractivity contribution is -0.148. The van der Waals surface area contributed by atoms with Crippen molar-refractivity contribution < 1.29 is 23.7 Å². The fraction of sp³-hybridized carbons (Fsp3) is 0.519. The maximum absolute atomic E-state index is 11.5. The first kappa shape index (κ1) is 25.7. The van der Waals surface area contributed by atoms with Gasteiger partial charge in [0.1, 0.15) is 24.9 Å². The van der Waals surface area contributed by atoms with Crippen molar-refractivity contribution in [3.8, 4) is 0 Å². The number of alkyl halides is 1. The lowest BCUT2D eigenvalue weighted by atomic mass is 10.0. The summed E-state index contributed by atoms with van der Waals surface area (Å²) >= 11 is 6.50. The molecule has 0 aromatic heterocycles. The van der Waals surface area contributed by atoms with Crippen LogP contribution in [0.25, 0.3) is 0 Å². The maximum Gasteiger partial charge on any atom is 0.302 e. The number of rotatable bonds is 13. The molecule has 0 amide bonds. The van der Waals surface area contributed by atoms with Gasteiger partial charge in [0, 0.05) is 12.3 Å². The molecule has 0 aliphatic carbocycles. The molecule has 33 heavy (non-hydrogen) atoms. The van der Waals surface area contributed by atoms with E-state index in [1.54, 1.807) is 0 Å². The molecule has 1 heterocycles. The first-order valence-electron chi connectivity index (χ1n) is 11.8. The molecule has 0 radical (unpaired) electrons. The van der Waals surface area contributed by atoms with Gasteiger partial charge in [-0.3, -0.25) is 4.79 Å². The average molecular weight is 475 g/mol. The van der Waals surface area contributed by atoms with Crippen LogP contribution in [-0.4, -0.2) is 42.4 Å². The van der Waals surface area contributed by atoms with E-state index in [0.717, 1.165) is 36.8 Å².